The first-order chi connectivity index (χ1) is 10.2. The van der Waals surface area contributed by atoms with Gasteiger partial charge in [0.1, 0.15) is 11.5 Å². The van der Waals surface area contributed by atoms with E-state index in [1.165, 1.54) is 18.6 Å². The van der Waals surface area contributed by atoms with Crippen LogP contribution >= 0.6 is 0 Å². The Labute approximate surface area is 147 Å². The standard InChI is InChI=1S/C12H9N7O2.Na/c13-6-16-12-5-15-8-3-11(19(20)21)10(4-9(8)17-12)18-2-1-14-7-18;/h1-4,7,15H,5H2,(H,16,17);/q;+1. The maximum atomic E-state index is 11.2. The van der Waals surface area contributed by atoms with E-state index in [4.69, 9.17) is 5.26 Å². The minimum Gasteiger partial charge on any atom is -0.376 e. The van der Waals surface area contributed by atoms with E-state index in [0.717, 1.165) is 0 Å². The molecular formula is C12H9N7NaO2+. The number of hydrogen-bond donors (Lipinski definition) is 2. The summed E-state index contributed by atoms with van der Waals surface area (Å²) in [6.07, 6.45) is 6.42. The Bertz CT molecular complexity index is 780. The van der Waals surface area contributed by atoms with Crippen molar-refractivity contribution in [1.82, 2.24) is 14.9 Å². The predicted molar refractivity (Wildman–Crippen MR) is 74.6 cm³/mol. The Balaban J connectivity index is 0.00000176. The molecule has 9 nitrogen and oxygen atoms in total. The Morgan fingerprint density at radius 1 is 1.50 bits per heavy atom. The van der Waals surface area contributed by atoms with Crippen LogP contribution in [0.1, 0.15) is 0 Å². The first kappa shape index (κ1) is 16.0. The van der Waals surface area contributed by atoms with Crippen LogP contribution in [0.2, 0.25) is 0 Å². The maximum Gasteiger partial charge on any atom is 1.00 e. The largest absolute Gasteiger partial charge is 1.00 e. The molecule has 104 valence electrons. The number of nitrogens with one attached hydrogen (secondary N) is 2. The number of amidine groups is 1. The second-order valence-corrected chi connectivity index (χ2v) is 4.23. The monoisotopic (exact) mass is 306 g/mol. The summed E-state index contributed by atoms with van der Waals surface area (Å²) >= 11 is 0. The van der Waals surface area contributed by atoms with Gasteiger partial charge in [-0.2, -0.15) is 5.26 Å². The van der Waals surface area contributed by atoms with Crippen LogP contribution in [-0.4, -0.2) is 26.9 Å². The second-order valence-electron chi connectivity index (χ2n) is 4.23. The molecule has 0 radical (unpaired) electrons. The second kappa shape index (κ2) is 6.57. The normalized spacial score (nSPS) is 12.0. The van der Waals surface area contributed by atoms with Crippen LogP contribution in [0.15, 0.2) is 35.8 Å². The smallest absolute Gasteiger partial charge is 0.376 e. The van der Waals surface area contributed by atoms with Gasteiger partial charge in [-0.1, -0.05) is 0 Å². The van der Waals surface area contributed by atoms with Crippen molar-refractivity contribution in [3.05, 3.63) is 41.0 Å². The predicted octanol–water partition coefficient (Wildman–Crippen LogP) is -1.69. The molecule has 0 atom stereocenters. The van der Waals surface area contributed by atoms with Gasteiger partial charge in [0.2, 0.25) is 0 Å². The van der Waals surface area contributed by atoms with E-state index in [2.05, 4.69) is 20.6 Å². The minimum absolute atomic E-state index is 0. The van der Waals surface area contributed by atoms with Gasteiger partial charge in [-0.3, -0.25) is 15.4 Å². The topological polar surface area (TPSA) is 121 Å². The van der Waals surface area contributed by atoms with E-state index in [9.17, 15) is 10.1 Å². The number of nitriles is 1. The fraction of sp³-hybridized carbons (Fsp3) is 0.0833. The average molecular weight is 306 g/mol. The van der Waals surface area contributed by atoms with Crippen molar-refractivity contribution in [2.45, 2.75) is 0 Å². The molecule has 1 aliphatic heterocycles. The SMILES string of the molecule is N#CNC1=Nc2cc(-n3ccnc3)c([N+](=O)[O-])cc2NC1.[Na+]. The molecular weight excluding hydrogens is 297 g/mol. The molecule has 1 aliphatic rings. The van der Waals surface area contributed by atoms with Crippen LogP contribution in [0, 0.1) is 21.6 Å². The van der Waals surface area contributed by atoms with Crippen LogP contribution < -0.4 is 40.2 Å². The first-order valence-electron chi connectivity index (χ1n) is 5.96. The molecule has 1 aromatic carbocycles. The van der Waals surface area contributed by atoms with Crippen molar-refractivity contribution in [1.29, 1.82) is 5.26 Å². The van der Waals surface area contributed by atoms with Gasteiger partial charge in [-0.15, -0.1) is 0 Å². The molecule has 0 bridgehead atoms. The number of benzene rings is 1. The summed E-state index contributed by atoms with van der Waals surface area (Å²) < 4.78 is 1.54. The molecule has 0 fully saturated rings. The van der Waals surface area contributed by atoms with Crippen molar-refractivity contribution in [2.75, 3.05) is 11.9 Å². The Kier molecular flexibility index (Phi) is 4.77. The van der Waals surface area contributed by atoms with Crippen molar-refractivity contribution in [3.8, 4) is 11.9 Å². The number of rotatable bonds is 2. The third-order valence-electron chi connectivity index (χ3n) is 2.97. The van der Waals surface area contributed by atoms with Crippen LogP contribution in [0.3, 0.4) is 0 Å². The number of nitro groups is 1. The van der Waals surface area contributed by atoms with E-state index < -0.39 is 4.92 Å². The maximum absolute atomic E-state index is 11.2. The molecule has 2 heterocycles. The summed E-state index contributed by atoms with van der Waals surface area (Å²) in [5.41, 5.74) is 1.38. The Morgan fingerprint density at radius 2 is 2.32 bits per heavy atom. The number of fused-ring (bicyclic) bond motifs is 1. The van der Waals surface area contributed by atoms with Crippen molar-refractivity contribution in [2.24, 2.45) is 4.99 Å². The Morgan fingerprint density at radius 3 is 2.95 bits per heavy atom. The molecule has 10 heteroatoms. The molecule has 3 rings (SSSR count). The summed E-state index contributed by atoms with van der Waals surface area (Å²) in [6, 6.07) is 3.01. The van der Waals surface area contributed by atoms with Gasteiger partial charge < -0.3 is 9.88 Å². The van der Waals surface area contributed by atoms with Crippen molar-refractivity contribution < 1.29 is 34.5 Å². The molecule has 22 heavy (non-hydrogen) atoms. The quantitative estimate of drug-likeness (QED) is 0.224. The van der Waals surface area contributed by atoms with Gasteiger partial charge in [0.05, 0.1) is 29.2 Å². The van der Waals surface area contributed by atoms with Gasteiger partial charge in [-0.05, 0) is 6.07 Å². The molecule has 0 aliphatic carbocycles. The molecule has 2 N–H and O–H groups in total. The molecule has 1 aromatic heterocycles. The molecule has 2 aromatic rings. The summed E-state index contributed by atoms with van der Waals surface area (Å²) in [5.74, 6) is 0.454. The van der Waals surface area contributed by atoms with Crippen LogP contribution in [-0.2, 0) is 0 Å². The number of nitro benzene ring substituents is 1. The third-order valence-corrected chi connectivity index (χ3v) is 2.97. The molecule has 0 saturated heterocycles. The number of aliphatic imine (C=N–C) groups is 1. The Hall–Kier alpha value is -2.41. The summed E-state index contributed by atoms with van der Waals surface area (Å²) in [7, 11) is 0. The van der Waals surface area contributed by atoms with Gasteiger partial charge >= 0.3 is 29.6 Å². The number of imidazole rings is 1. The average Bonchev–Trinajstić information content (AvgIpc) is 3.00. The minimum atomic E-state index is -0.454. The molecule has 0 saturated carbocycles. The molecule has 0 unspecified atom stereocenters. The van der Waals surface area contributed by atoms with E-state index in [0.29, 0.717) is 29.4 Å². The zero-order chi connectivity index (χ0) is 14.8. The van der Waals surface area contributed by atoms with Gasteiger partial charge in [0, 0.05) is 18.5 Å². The fourth-order valence-electron chi connectivity index (χ4n) is 2.06. The van der Waals surface area contributed by atoms with Crippen molar-refractivity contribution >= 4 is 22.9 Å². The third kappa shape index (κ3) is 2.94. The number of aromatic nitrogens is 2. The van der Waals surface area contributed by atoms with Gasteiger partial charge in [-0.25, -0.2) is 9.98 Å². The molecule has 0 amide bonds. The first-order valence-corrected chi connectivity index (χ1v) is 5.96. The zero-order valence-electron chi connectivity index (χ0n) is 11.6. The number of nitrogens with zero attached hydrogens (tertiary/aromatic N) is 5. The van der Waals surface area contributed by atoms with E-state index in [1.807, 2.05) is 0 Å². The van der Waals surface area contributed by atoms with Crippen LogP contribution in [0.5, 0.6) is 0 Å². The number of anilines is 1. The van der Waals surface area contributed by atoms with Crippen molar-refractivity contribution in [3.63, 3.8) is 0 Å². The fourth-order valence-corrected chi connectivity index (χ4v) is 2.06. The molecule has 0 spiro atoms. The summed E-state index contributed by atoms with van der Waals surface area (Å²) in [5, 5.41) is 25.3. The summed E-state index contributed by atoms with van der Waals surface area (Å²) in [4.78, 5) is 18.9. The van der Waals surface area contributed by atoms with E-state index in [1.54, 1.807) is 23.0 Å². The van der Waals surface area contributed by atoms with Gasteiger partial charge in [0.25, 0.3) is 5.69 Å². The zero-order valence-corrected chi connectivity index (χ0v) is 13.6. The van der Waals surface area contributed by atoms with Gasteiger partial charge in [0.15, 0.2) is 6.19 Å². The van der Waals surface area contributed by atoms with Crippen LogP contribution in [0.4, 0.5) is 17.1 Å². The summed E-state index contributed by atoms with van der Waals surface area (Å²) in [6.45, 7) is 0.308. The number of hydrogen-bond acceptors (Lipinski definition) is 7. The van der Waals surface area contributed by atoms with Crippen LogP contribution in [0.25, 0.3) is 5.69 Å². The van der Waals surface area contributed by atoms with E-state index in [-0.39, 0.29) is 35.2 Å². The van der Waals surface area contributed by atoms with E-state index >= 15 is 0 Å².